The van der Waals surface area contributed by atoms with E-state index in [1.54, 1.807) is 0 Å². The third-order valence-electron chi connectivity index (χ3n) is 12.1. The molecular weight excluding hydrogens is 841 g/mol. The molecule has 0 aliphatic heterocycles. The smallest absolute Gasteiger partial charge is 0.306 e. The second-order valence-corrected chi connectivity index (χ2v) is 18.8. The zero-order chi connectivity index (χ0) is 49.3. The van der Waals surface area contributed by atoms with Crippen LogP contribution in [-0.4, -0.2) is 37.2 Å². The molecule has 0 heterocycles. The van der Waals surface area contributed by atoms with Gasteiger partial charge in [-0.2, -0.15) is 0 Å². The minimum Gasteiger partial charge on any atom is -0.462 e. The van der Waals surface area contributed by atoms with Crippen molar-refractivity contribution in [2.75, 3.05) is 13.2 Å². The first-order valence-electron chi connectivity index (χ1n) is 28.6. The van der Waals surface area contributed by atoms with Gasteiger partial charge in [0.05, 0.1) is 0 Å². The Hall–Kier alpha value is -3.41. The van der Waals surface area contributed by atoms with Crippen molar-refractivity contribution in [2.24, 2.45) is 0 Å². The molecule has 6 nitrogen and oxygen atoms in total. The quantitative estimate of drug-likeness (QED) is 0.0262. The van der Waals surface area contributed by atoms with Crippen LogP contribution in [0.5, 0.6) is 0 Å². The van der Waals surface area contributed by atoms with Crippen molar-refractivity contribution in [3.8, 4) is 0 Å². The lowest BCUT2D eigenvalue weighted by Gasteiger charge is -2.18. The van der Waals surface area contributed by atoms with Crippen molar-refractivity contribution in [2.45, 2.75) is 277 Å². The molecular formula is C62H106O6. The number of hydrogen-bond acceptors (Lipinski definition) is 6. The van der Waals surface area contributed by atoms with Crippen molar-refractivity contribution in [1.82, 2.24) is 0 Å². The van der Waals surface area contributed by atoms with Crippen LogP contribution < -0.4 is 0 Å². The van der Waals surface area contributed by atoms with Crippen LogP contribution in [0.15, 0.2) is 85.1 Å². The van der Waals surface area contributed by atoms with Crippen LogP contribution in [0, 0.1) is 0 Å². The lowest BCUT2D eigenvalue weighted by atomic mass is 10.0. The van der Waals surface area contributed by atoms with Gasteiger partial charge in [0.25, 0.3) is 0 Å². The number of rotatable bonds is 51. The summed E-state index contributed by atoms with van der Waals surface area (Å²) in [4.78, 5) is 37.8. The summed E-state index contributed by atoms with van der Waals surface area (Å²) in [7, 11) is 0. The van der Waals surface area contributed by atoms with Crippen LogP contribution in [0.1, 0.15) is 271 Å². The van der Waals surface area contributed by atoms with Gasteiger partial charge in [0.1, 0.15) is 13.2 Å². The molecule has 6 heteroatoms. The zero-order valence-electron chi connectivity index (χ0n) is 44.6. The summed E-state index contributed by atoms with van der Waals surface area (Å²) in [5.41, 5.74) is 0. The summed E-state index contributed by atoms with van der Waals surface area (Å²) in [5.74, 6) is -0.893. The Labute approximate surface area is 420 Å². The highest BCUT2D eigenvalue weighted by Gasteiger charge is 2.19. The molecule has 1 unspecified atom stereocenters. The van der Waals surface area contributed by atoms with Crippen molar-refractivity contribution in [3.05, 3.63) is 85.1 Å². The fraction of sp³-hybridized carbons (Fsp3) is 0.726. The summed E-state index contributed by atoms with van der Waals surface area (Å²) >= 11 is 0. The molecule has 390 valence electrons. The van der Waals surface area contributed by atoms with Crippen LogP contribution in [0.4, 0.5) is 0 Å². The number of allylic oxidation sites excluding steroid dienone is 14. The van der Waals surface area contributed by atoms with Crippen LogP contribution in [0.25, 0.3) is 0 Å². The van der Waals surface area contributed by atoms with Crippen LogP contribution >= 0.6 is 0 Å². The summed E-state index contributed by atoms with van der Waals surface area (Å²) in [6.45, 7) is 6.41. The van der Waals surface area contributed by atoms with Crippen molar-refractivity contribution < 1.29 is 28.6 Å². The molecule has 0 aromatic carbocycles. The van der Waals surface area contributed by atoms with Gasteiger partial charge < -0.3 is 14.2 Å². The monoisotopic (exact) mass is 947 g/mol. The molecule has 0 saturated carbocycles. The number of hydrogen-bond donors (Lipinski definition) is 0. The molecule has 0 amide bonds. The van der Waals surface area contributed by atoms with Gasteiger partial charge in [-0.05, 0) is 89.9 Å². The topological polar surface area (TPSA) is 78.9 Å². The minimum absolute atomic E-state index is 0.0772. The first-order valence-corrected chi connectivity index (χ1v) is 28.6. The summed E-state index contributed by atoms with van der Waals surface area (Å²) in [6, 6.07) is 0. The lowest BCUT2D eigenvalue weighted by Crippen LogP contribution is -2.30. The number of carbonyl (C=O) groups excluding carboxylic acids is 3. The van der Waals surface area contributed by atoms with E-state index < -0.39 is 6.10 Å². The van der Waals surface area contributed by atoms with Gasteiger partial charge in [-0.15, -0.1) is 0 Å². The normalized spacial score (nSPS) is 12.7. The second-order valence-electron chi connectivity index (χ2n) is 18.8. The van der Waals surface area contributed by atoms with Gasteiger partial charge in [-0.25, -0.2) is 0 Å². The molecule has 0 N–H and O–H groups in total. The molecule has 68 heavy (non-hydrogen) atoms. The average Bonchev–Trinajstić information content (AvgIpc) is 3.34. The van der Waals surface area contributed by atoms with E-state index in [1.807, 2.05) is 0 Å². The predicted molar refractivity (Wildman–Crippen MR) is 293 cm³/mol. The maximum Gasteiger partial charge on any atom is 0.306 e. The molecule has 0 aliphatic rings. The van der Waals surface area contributed by atoms with E-state index in [0.29, 0.717) is 19.3 Å². The highest BCUT2D eigenvalue weighted by molar-refractivity contribution is 5.71. The van der Waals surface area contributed by atoms with E-state index >= 15 is 0 Å². The van der Waals surface area contributed by atoms with Gasteiger partial charge in [0, 0.05) is 19.3 Å². The maximum absolute atomic E-state index is 12.7. The summed E-state index contributed by atoms with van der Waals surface area (Å²) in [6.07, 6.45) is 73.4. The largest absolute Gasteiger partial charge is 0.462 e. The zero-order valence-corrected chi connectivity index (χ0v) is 44.6. The van der Waals surface area contributed by atoms with Gasteiger partial charge >= 0.3 is 17.9 Å². The molecule has 0 rings (SSSR count). The molecule has 0 saturated heterocycles. The number of esters is 3. The Morgan fingerprint density at radius 2 is 0.603 bits per heavy atom. The van der Waals surface area contributed by atoms with Crippen molar-refractivity contribution in [3.63, 3.8) is 0 Å². The van der Waals surface area contributed by atoms with E-state index in [2.05, 4.69) is 106 Å². The predicted octanol–water partition coefficient (Wildman–Crippen LogP) is 19.2. The third kappa shape index (κ3) is 53.5. The Bertz CT molecular complexity index is 1320. The lowest BCUT2D eigenvalue weighted by molar-refractivity contribution is -0.167. The Morgan fingerprint density at radius 3 is 0.971 bits per heavy atom. The van der Waals surface area contributed by atoms with Crippen LogP contribution in [0.3, 0.4) is 0 Å². The van der Waals surface area contributed by atoms with E-state index in [4.69, 9.17) is 14.2 Å². The van der Waals surface area contributed by atoms with Crippen LogP contribution in [0.2, 0.25) is 0 Å². The first-order chi connectivity index (χ1) is 33.5. The molecule has 0 bridgehead atoms. The van der Waals surface area contributed by atoms with Gasteiger partial charge in [0.2, 0.25) is 0 Å². The Morgan fingerprint density at radius 1 is 0.309 bits per heavy atom. The van der Waals surface area contributed by atoms with Gasteiger partial charge in [-0.1, -0.05) is 247 Å². The van der Waals surface area contributed by atoms with Crippen LogP contribution in [-0.2, 0) is 28.6 Å². The van der Waals surface area contributed by atoms with Crippen molar-refractivity contribution in [1.29, 1.82) is 0 Å². The first kappa shape index (κ1) is 64.6. The Balaban J connectivity index is 3.98. The standard InChI is InChI=1S/C62H106O6/c1-4-7-10-13-16-18-20-21-22-23-24-25-26-27-28-29-30-31-32-33-34-35-36-37-38-39-40-41-42-44-46-49-52-55-61(64)67-58-59(57-66-60(63)54-51-48-45-15-12-9-6-3)68-62(65)56-53-50-47-43-19-17-14-11-8-5-2/h7,10-11,14,16,18,21-22,24-25,27-28,30-31,59H,4-6,8-9,12-13,15,17,19-20,23,26,29,32-58H2,1-3H3/b10-7-,14-11-,18-16-,22-21-,25-24-,28-27-,31-30-. The molecule has 0 spiro atoms. The molecule has 1 atom stereocenters. The van der Waals surface area contributed by atoms with E-state index in [-0.39, 0.29) is 31.1 Å². The summed E-state index contributed by atoms with van der Waals surface area (Å²) < 4.78 is 16.7. The number of carbonyl (C=O) groups is 3. The fourth-order valence-electron chi connectivity index (χ4n) is 7.86. The highest BCUT2D eigenvalue weighted by Crippen LogP contribution is 2.16. The Kier molecular flexibility index (Phi) is 53.4. The number of unbranched alkanes of at least 4 members (excludes halogenated alkanes) is 26. The van der Waals surface area contributed by atoms with E-state index in [9.17, 15) is 14.4 Å². The number of ether oxygens (including phenoxy) is 3. The summed E-state index contributed by atoms with van der Waals surface area (Å²) in [5, 5.41) is 0. The van der Waals surface area contributed by atoms with Gasteiger partial charge in [0.15, 0.2) is 6.10 Å². The van der Waals surface area contributed by atoms with E-state index in [0.717, 1.165) is 116 Å². The van der Waals surface area contributed by atoms with Crippen molar-refractivity contribution >= 4 is 17.9 Å². The third-order valence-corrected chi connectivity index (χ3v) is 12.1. The molecule has 0 aliphatic carbocycles. The SMILES string of the molecule is CC/C=C\C/C=C\C/C=C\C/C=C\C/C=C\C/C=C\CCCCCCCCCCCCCCCCC(=O)OCC(COC(=O)CCCCCCCCC)OC(=O)CCCCCCC/C=C\CCC. The highest BCUT2D eigenvalue weighted by atomic mass is 16.6. The fourth-order valence-corrected chi connectivity index (χ4v) is 7.86. The van der Waals surface area contributed by atoms with Gasteiger partial charge in [-0.3, -0.25) is 14.4 Å². The molecule has 0 aromatic rings. The van der Waals surface area contributed by atoms with E-state index in [1.165, 1.54) is 116 Å². The molecule has 0 radical (unpaired) electrons. The molecule has 0 fully saturated rings. The second kappa shape index (κ2) is 56.2. The average molecular weight is 948 g/mol. The maximum atomic E-state index is 12.7. The minimum atomic E-state index is -0.774. The molecule has 0 aromatic heterocycles.